The Bertz CT molecular complexity index is 546. The summed E-state index contributed by atoms with van der Waals surface area (Å²) in [6.45, 7) is 2.34. The van der Waals surface area contributed by atoms with E-state index in [0.717, 1.165) is 19.3 Å². The number of benzene rings is 1. The highest BCUT2D eigenvalue weighted by atomic mass is 16.5. The Balaban J connectivity index is 2.62. The first-order valence-corrected chi connectivity index (χ1v) is 7.61. The lowest BCUT2D eigenvalue weighted by Crippen LogP contribution is -2.25. The summed E-state index contributed by atoms with van der Waals surface area (Å²) in [5.74, 6) is -0.0955. The molecule has 0 aliphatic carbocycles. The van der Waals surface area contributed by atoms with E-state index >= 15 is 0 Å². The number of unbranched alkanes of at least 4 members (excludes halogenated alkanes) is 1. The lowest BCUT2D eigenvalue weighted by atomic mass is 10.1. The van der Waals surface area contributed by atoms with Crippen LogP contribution in [-0.2, 0) is 4.74 Å². The standard InChI is InChI=1S/C16H26N4O3/c1-11(7-4-5-10-23-16(18)22)19-14-12(15(21)20(2)3)8-6-9-13(14)17/h6,8-9,11,19H,4-5,7,10,17H2,1-3H3,(H2,18,22). The number of ether oxygens (including phenoxy) is 1. The quantitative estimate of drug-likeness (QED) is 0.501. The second-order valence-corrected chi connectivity index (χ2v) is 5.68. The number of carbonyl (C=O) groups excluding carboxylic acids is 2. The minimum absolute atomic E-state index is 0.0955. The van der Waals surface area contributed by atoms with Gasteiger partial charge in [0.25, 0.3) is 5.91 Å². The van der Waals surface area contributed by atoms with E-state index in [1.807, 2.05) is 6.92 Å². The molecule has 0 saturated carbocycles. The van der Waals surface area contributed by atoms with Crippen molar-refractivity contribution in [3.05, 3.63) is 23.8 Å². The molecule has 0 fully saturated rings. The molecule has 1 aromatic rings. The summed E-state index contributed by atoms with van der Waals surface area (Å²) in [7, 11) is 3.41. The first kappa shape index (κ1) is 18.6. The molecule has 23 heavy (non-hydrogen) atoms. The van der Waals surface area contributed by atoms with E-state index in [1.54, 1.807) is 32.3 Å². The van der Waals surface area contributed by atoms with Gasteiger partial charge < -0.3 is 26.4 Å². The predicted molar refractivity (Wildman–Crippen MR) is 91.3 cm³/mol. The molecule has 1 unspecified atom stereocenters. The zero-order valence-corrected chi connectivity index (χ0v) is 14.0. The minimum Gasteiger partial charge on any atom is -0.450 e. The van der Waals surface area contributed by atoms with Gasteiger partial charge in [0.15, 0.2) is 0 Å². The van der Waals surface area contributed by atoms with Crippen LogP contribution < -0.4 is 16.8 Å². The van der Waals surface area contributed by atoms with Gasteiger partial charge in [0, 0.05) is 20.1 Å². The molecule has 5 N–H and O–H groups in total. The third-order valence-corrected chi connectivity index (χ3v) is 3.40. The van der Waals surface area contributed by atoms with Crippen LogP contribution in [0.15, 0.2) is 18.2 Å². The summed E-state index contributed by atoms with van der Waals surface area (Å²) in [5, 5.41) is 3.31. The number of nitrogens with two attached hydrogens (primary N) is 2. The summed E-state index contributed by atoms with van der Waals surface area (Å²) in [6.07, 6.45) is 1.71. The van der Waals surface area contributed by atoms with E-state index in [2.05, 4.69) is 10.1 Å². The van der Waals surface area contributed by atoms with Crippen LogP contribution in [-0.4, -0.2) is 43.6 Å². The number of rotatable bonds is 8. The Kier molecular flexibility index (Phi) is 7.18. The Morgan fingerprint density at radius 3 is 2.61 bits per heavy atom. The van der Waals surface area contributed by atoms with Crippen molar-refractivity contribution in [1.29, 1.82) is 0 Å². The second-order valence-electron chi connectivity index (χ2n) is 5.68. The van der Waals surface area contributed by atoms with E-state index in [-0.39, 0.29) is 11.9 Å². The van der Waals surface area contributed by atoms with Crippen molar-refractivity contribution in [2.75, 3.05) is 31.8 Å². The van der Waals surface area contributed by atoms with Gasteiger partial charge in [-0.25, -0.2) is 4.79 Å². The highest BCUT2D eigenvalue weighted by Gasteiger charge is 2.16. The molecule has 0 aliphatic heterocycles. The number of hydrogen-bond donors (Lipinski definition) is 3. The Hall–Kier alpha value is -2.44. The van der Waals surface area contributed by atoms with Crippen molar-refractivity contribution in [2.24, 2.45) is 5.73 Å². The van der Waals surface area contributed by atoms with Gasteiger partial charge in [-0.05, 0) is 38.3 Å². The van der Waals surface area contributed by atoms with Crippen molar-refractivity contribution in [1.82, 2.24) is 4.90 Å². The van der Waals surface area contributed by atoms with Crippen LogP contribution in [0.25, 0.3) is 0 Å². The van der Waals surface area contributed by atoms with Crippen molar-refractivity contribution in [3.63, 3.8) is 0 Å². The Labute approximate surface area is 137 Å². The Morgan fingerprint density at radius 1 is 1.30 bits per heavy atom. The highest BCUT2D eigenvalue weighted by Crippen LogP contribution is 2.26. The van der Waals surface area contributed by atoms with Crippen LogP contribution in [0.2, 0.25) is 0 Å². The van der Waals surface area contributed by atoms with Gasteiger partial charge in [-0.1, -0.05) is 6.07 Å². The molecule has 0 aliphatic rings. The van der Waals surface area contributed by atoms with Crippen LogP contribution in [0, 0.1) is 0 Å². The van der Waals surface area contributed by atoms with E-state index in [1.165, 1.54) is 4.90 Å². The topological polar surface area (TPSA) is 111 Å². The van der Waals surface area contributed by atoms with Crippen LogP contribution in [0.4, 0.5) is 16.2 Å². The maximum Gasteiger partial charge on any atom is 0.404 e. The zero-order chi connectivity index (χ0) is 17.4. The van der Waals surface area contributed by atoms with Crippen LogP contribution >= 0.6 is 0 Å². The number of nitrogen functional groups attached to an aromatic ring is 1. The van der Waals surface area contributed by atoms with Gasteiger partial charge in [0.05, 0.1) is 23.5 Å². The average molecular weight is 322 g/mol. The molecule has 128 valence electrons. The number of para-hydroxylation sites is 1. The SMILES string of the molecule is CC(CCCCOC(N)=O)Nc1c(N)cccc1C(=O)N(C)C. The summed E-state index contributed by atoms with van der Waals surface area (Å²) >= 11 is 0. The van der Waals surface area contributed by atoms with Gasteiger partial charge >= 0.3 is 6.09 Å². The smallest absolute Gasteiger partial charge is 0.404 e. The number of hydrogen-bond acceptors (Lipinski definition) is 5. The minimum atomic E-state index is -0.750. The summed E-state index contributed by atoms with van der Waals surface area (Å²) in [6, 6.07) is 5.42. The summed E-state index contributed by atoms with van der Waals surface area (Å²) in [5.41, 5.74) is 12.7. The van der Waals surface area contributed by atoms with Gasteiger partial charge in [0.1, 0.15) is 0 Å². The molecule has 0 aromatic heterocycles. The first-order chi connectivity index (χ1) is 10.8. The third kappa shape index (κ3) is 6.06. The molecular formula is C16H26N4O3. The largest absolute Gasteiger partial charge is 0.450 e. The maximum atomic E-state index is 12.2. The molecule has 0 bridgehead atoms. The van der Waals surface area contributed by atoms with E-state index < -0.39 is 6.09 Å². The van der Waals surface area contributed by atoms with Crippen LogP contribution in [0.5, 0.6) is 0 Å². The second kappa shape index (κ2) is 8.87. The number of nitrogens with one attached hydrogen (secondary N) is 1. The number of carbonyl (C=O) groups is 2. The summed E-state index contributed by atoms with van der Waals surface area (Å²) in [4.78, 5) is 24.2. The summed E-state index contributed by atoms with van der Waals surface area (Å²) < 4.78 is 4.69. The average Bonchev–Trinajstić information content (AvgIpc) is 2.47. The molecule has 0 heterocycles. The Morgan fingerprint density at radius 2 is 2.00 bits per heavy atom. The number of amides is 2. The molecular weight excluding hydrogens is 296 g/mol. The molecule has 0 radical (unpaired) electrons. The molecule has 1 atom stereocenters. The fourth-order valence-electron chi connectivity index (χ4n) is 2.19. The molecule has 2 amide bonds. The third-order valence-electron chi connectivity index (χ3n) is 3.40. The van der Waals surface area contributed by atoms with Crippen molar-refractivity contribution in [3.8, 4) is 0 Å². The lowest BCUT2D eigenvalue weighted by molar-refractivity contribution is 0.0828. The molecule has 1 aromatic carbocycles. The van der Waals surface area contributed by atoms with Gasteiger partial charge in [-0.3, -0.25) is 4.79 Å². The maximum absolute atomic E-state index is 12.2. The number of primary amides is 1. The highest BCUT2D eigenvalue weighted by molar-refractivity contribution is 6.02. The predicted octanol–water partition coefficient (Wildman–Crippen LogP) is 2.04. The molecule has 7 nitrogen and oxygen atoms in total. The van der Waals surface area contributed by atoms with Crippen molar-refractivity contribution >= 4 is 23.4 Å². The normalized spacial score (nSPS) is 11.6. The van der Waals surface area contributed by atoms with E-state index in [4.69, 9.17) is 11.5 Å². The molecule has 0 spiro atoms. The fourth-order valence-corrected chi connectivity index (χ4v) is 2.19. The van der Waals surface area contributed by atoms with Crippen molar-refractivity contribution < 1.29 is 14.3 Å². The number of anilines is 2. The zero-order valence-electron chi connectivity index (χ0n) is 14.0. The first-order valence-electron chi connectivity index (χ1n) is 7.61. The van der Waals surface area contributed by atoms with Gasteiger partial charge in [0.2, 0.25) is 0 Å². The monoisotopic (exact) mass is 322 g/mol. The molecule has 1 rings (SSSR count). The van der Waals surface area contributed by atoms with Crippen LogP contribution in [0.1, 0.15) is 36.5 Å². The van der Waals surface area contributed by atoms with Crippen molar-refractivity contribution in [2.45, 2.75) is 32.2 Å². The van der Waals surface area contributed by atoms with Crippen LogP contribution in [0.3, 0.4) is 0 Å². The van der Waals surface area contributed by atoms with Gasteiger partial charge in [-0.15, -0.1) is 0 Å². The molecule has 0 saturated heterocycles. The van der Waals surface area contributed by atoms with E-state index in [9.17, 15) is 9.59 Å². The fraction of sp³-hybridized carbons (Fsp3) is 0.500. The molecule has 7 heteroatoms. The number of nitrogens with zero attached hydrogens (tertiary/aromatic N) is 1. The van der Waals surface area contributed by atoms with Gasteiger partial charge in [-0.2, -0.15) is 0 Å². The lowest BCUT2D eigenvalue weighted by Gasteiger charge is -2.21. The van der Waals surface area contributed by atoms with E-state index in [0.29, 0.717) is 23.5 Å².